The molecule has 2 amide bonds. The minimum Gasteiger partial charge on any atom is -0.445 e. The highest BCUT2D eigenvalue weighted by atomic mass is 32.1. The van der Waals surface area contributed by atoms with Crippen molar-refractivity contribution in [1.82, 2.24) is 10.3 Å². The van der Waals surface area contributed by atoms with Crippen molar-refractivity contribution in [1.29, 1.82) is 0 Å². The number of thiazole rings is 1. The Bertz CT molecular complexity index is 942. The van der Waals surface area contributed by atoms with Crippen molar-refractivity contribution < 1.29 is 14.3 Å². The average Bonchev–Trinajstić information content (AvgIpc) is 3.20. The molecule has 0 aliphatic carbocycles. The van der Waals surface area contributed by atoms with Gasteiger partial charge in [-0.3, -0.25) is 4.79 Å². The van der Waals surface area contributed by atoms with Crippen molar-refractivity contribution in [3.63, 3.8) is 0 Å². The zero-order chi connectivity index (χ0) is 20.6. The number of nitrogens with one attached hydrogen (secondary N) is 2. The zero-order valence-electron chi connectivity index (χ0n) is 16.3. The summed E-state index contributed by atoms with van der Waals surface area (Å²) in [6, 6.07) is 18.4. The van der Waals surface area contributed by atoms with Gasteiger partial charge in [-0.15, -0.1) is 11.3 Å². The highest BCUT2D eigenvalue weighted by molar-refractivity contribution is 7.14. The number of anilines is 1. The van der Waals surface area contributed by atoms with E-state index in [1.165, 1.54) is 11.3 Å². The van der Waals surface area contributed by atoms with Gasteiger partial charge in [0.2, 0.25) is 5.91 Å². The lowest BCUT2D eigenvalue weighted by molar-refractivity contribution is -0.119. The molecular formula is C22H23N3O3S. The van der Waals surface area contributed by atoms with Crippen LogP contribution in [0.3, 0.4) is 0 Å². The third-order valence-corrected chi connectivity index (χ3v) is 5.00. The molecule has 0 radical (unpaired) electrons. The Morgan fingerprint density at radius 2 is 1.69 bits per heavy atom. The van der Waals surface area contributed by atoms with Gasteiger partial charge in [-0.25, -0.2) is 9.78 Å². The number of carbonyl (C=O) groups excluding carboxylic acids is 2. The number of amides is 2. The average molecular weight is 410 g/mol. The highest BCUT2D eigenvalue weighted by Crippen LogP contribution is 2.24. The van der Waals surface area contributed by atoms with Crippen LogP contribution in [0.1, 0.15) is 19.4 Å². The van der Waals surface area contributed by atoms with E-state index in [1.54, 1.807) is 0 Å². The molecule has 0 unspecified atom stereocenters. The van der Waals surface area contributed by atoms with Crippen molar-refractivity contribution >= 4 is 28.5 Å². The Balaban J connectivity index is 1.58. The fourth-order valence-electron chi connectivity index (χ4n) is 2.68. The molecular weight excluding hydrogens is 386 g/mol. The lowest BCUT2D eigenvalue weighted by Crippen LogP contribution is -2.47. The molecule has 1 heterocycles. The van der Waals surface area contributed by atoms with Crippen molar-refractivity contribution in [2.75, 3.05) is 5.32 Å². The minimum atomic E-state index is -0.734. The molecule has 1 atom stereocenters. The van der Waals surface area contributed by atoms with Crippen molar-refractivity contribution in [3.05, 3.63) is 71.6 Å². The second-order valence-corrected chi connectivity index (χ2v) is 7.68. The molecule has 0 fully saturated rings. The first-order valence-electron chi connectivity index (χ1n) is 9.32. The van der Waals surface area contributed by atoms with Crippen LogP contribution in [0, 0.1) is 5.92 Å². The summed E-state index contributed by atoms with van der Waals surface area (Å²) in [4.78, 5) is 29.3. The summed E-state index contributed by atoms with van der Waals surface area (Å²) in [5.74, 6) is -0.446. The summed E-state index contributed by atoms with van der Waals surface area (Å²) in [7, 11) is 0. The van der Waals surface area contributed by atoms with Crippen molar-refractivity contribution in [2.45, 2.75) is 26.5 Å². The lowest BCUT2D eigenvalue weighted by Gasteiger charge is -2.20. The molecule has 150 valence electrons. The van der Waals surface area contributed by atoms with Gasteiger partial charge in [0.1, 0.15) is 12.6 Å². The molecule has 0 bridgehead atoms. The molecule has 3 aromatic rings. The normalized spacial score (nSPS) is 11.7. The Hall–Kier alpha value is -3.19. The molecule has 0 saturated heterocycles. The molecule has 2 aromatic carbocycles. The molecule has 1 aromatic heterocycles. The number of rotatable bonds is 7. The van der Waals surface area contributed by atoms with E-state index < -0.39 is 12.1 Å². The van der Waals surface area contributed by atoms with Crippen LogP contribution in [-0.4, -0.2) is 23.0 Å². The van der Waals surface area contributed by atoms with Crippen LogP contribution in [0.5, 0.6) is 0 Å². The van der Waals surface area contributed by atoms with E-state index in [1.807, 2.05) is 79.9 Å². The number of carbonyl (C=O) groups is 2. The van der Waals surface area contributed by atoms with Crippen LogP contribution in [0.25, 0.3) is 11.3 Å². The molecule has 6 nitrogen and oxygen atoms in total. The van der Waals surface area contributed by atoms with Gasteiger partial charge in [0, 0.05) is 10.9 Å². The summed E-state index contributed by atoms with van der Waals surface area (Å²) >= 11 is 1.34. The fraction of sp³-hybridized carbons (Fsp3) is 0.227. The Labute approximate surface area is 173 Å². The summed E-state index contributed by atoms with van der Waals surface area (Å²) in [6.45, 7) is 3.87. The van der Waals surface area contributed by atoms with Gasteiger partial charge >= 0.3 is 6.09 Å². The Kier molecular flexibility index (Phi) is 6.97. The van der Waals surface area contributed by atoms with E-state index in [4.69, 9.17) is 4.74 Å². The van der Waals surface area contributed by atoms with Gasteiger partial charge in [0.25, 0.3) is 0 Å². The van der Waals surface area contributed by atoms with Crippen molar-refractivity contribution in [2.24, 2.45) is 5.92 Å². The third-order valence-electron chi connectivity index (χ3n) is 4.24. The second kappa shape index (κ2) is 9.84. The van der Waals surface area contributed by atoms with Crippen LogP contribution in [0.15, 0.2) is 66.0 Å². The molecule has 3 rings (SSSR count). The monoisotopic (exact) mass is 409 g/mol. The number of alkyl carbamates (subject to hydrolysis) is 1. The van der Waals surface area contributed by atoms with E-state index >= 15 is 0 Å². The molecule has 0 spiro atoms. The Morgan fingerprint density at radius 1 is 1.03 bits per heavy atom. The van der Waals surface area contributed by atoms with E-state index in [2.05, 4.69) is 15.6 Å². The quantitative estimate of drug-likeness (QED) is 0.593. The number of aromatic nitrogens is 1. The smallest absolute Gasteiger partial charge is 0.408 e. The van der Waals surface area contributed by atoms with Gasteiger partial charge in [-0.05, 0) is 11.5 Å². The maximum absolute atomic E-state index is 12.7. The fourth-order valence-corrected chi connectivity index (χ4v) is 3.41. The zero-order valence-corrected chi connectivity index (χ0v) is 17.1. The van der Waals surface area contributed by atoms with Crippen LogP contribution in [0.2, 0.25) is 0 Å². The largest absolute Gasteiger partial charge is 0.445 e. The topological polar surface area (TPSA) is 80.3 Å². The Morgan fingerprint density at radius 3 is 2.34 bits per heavy atom. The number of nitrogens with zero attached hydrogens (tertiary/aromatic N) is 1. The summed E-state index contributed by atoms with van der Waals surface area (Å²) in [5.41, 5.74) is 2.65. The molecule has 0 aliphatic heterocycles. The van der Waals surface area contributed by atoms with Gasteiger partial charge in [0.05, 0.1) is 5.69 Å². The molecule has 0 aliphatic rings. The molecule has 0 saturated carbocycles. The first kappa shape index (κ1) is 20.5. The first-order valence-corrected chi connectivity index (χ1v) is 10.2. The predicted molar refractivity (Wildman–Crippen MR) is 115 cm³/mol. The maximum atomic E-state index is 12.7. The van der Waals surface area contributed by atoms with Gasteiger partial charge < -0.3 is 15.4 Å². The second-order valence-electron chi connectivity index (χ2n) is 6.82. The maximum Gasteiger partial charge on any atom is 0.408 e. The number of hydrogen-bond acceptors (Lipinski definition) is 5. The van der Waals surface area contributed by atoms with Gasteiger partial charge in [0.15, 0.2) is 5.13 Å². The molecule has 2 N–H and O–H groups in total. The van der Waals surface area contributed by atoms with E-state index in [9.17, 15) is 9.59 Å². The van der Waals surface area contributed by atoms with Crippen LogP contribution in [0.4, 0.5) is 9.93 Å². The molecule has 7 heteroatoms. The summed E-state index contributed by atoms with van der Waals surface area (Å²) in [6.07, 6.45) is -0.633. The SMILES string of the molecule is CC(C)[C@H](NC(=O)OCc1ccccc1)C(=O)Nc1nc(-c2ccccc2)cs1. The van der Waals surface area contributed by atoms with Crippen LogP contribution < -0.4 is 10.6 Å². The van der Waals surface area contributed by atoms with Crippen LogP contribution in [-0.2, 0) is 16.1 Å². The lowest BCUT2D eigenvalue weighted by atomic mass is 10.0. The number of hydrogen-bond donors (Lipinski definition) is 2. The van der Waals surface area contributed by atoms with Gasteiger partial charge in [-0.2, -0.15) is 0 Å². The van der Waals surface area contributed by atoms with E-state index in [0.717, 1.165) is 16.8 Å². The predicted octanol–water partition coefficient (Wildman–Crippen LogP) is 4.70. The summed E-state index contributed by atoms with van der Waals surface area (Å²) < 4.78 is 5.23. The van der Waals surface area contributed by atoms with Crippen LogP contribution >= 0.6 is 11.3 Å². The van der Waals surface area contributed by atoms with Gasteiger partial charge in [-0.1, -0.05) is 74.5 Å². The number of ether oxygens (including phenoxy) is 1. The van der Waals surface area contributed by atoms with Crippen molar-refractivity contribution in [3.8, 4) is 11.3 Å². The highest BCUT2D eigenvalue weighted by Gasteiger charge is 2.25. The standard InChI is InChI=1S/C22H23N3O3S/c1-15(2)19(24-22(27)28-13-16-9-5-3-6-10-16)20(26)25-21-23-18(14-29-21)17-11-7-4-8-12-17/h3-12,14-15,19H,13H2,1-2H3,(H,24,27)(H,23,25,26)/t19-/m0/s1. The van der Waals surface area contributed by atoms with E-state index in [0.29, 0.717) is 5.13 Å². The number of benzene rings is 2. The van der Waals surface area contributed by atoms with E-state index in [-0.39, 0.29) is 18.4 Å². The first-order chi connectivity index (χ1) is 14.0. The molecule has 29 heavy (non-hydrogen) atoms. The third kappa shape index (κ3) is 5.89. The summed E-state index contributed by atoms with van der Waals surface area (Å²) in [5, 5.41) is 7.81. The minimum absolute atomic E-state index is 0.118.